The topological polar surface area (TPSA) is 51.2 Å². The molecular weight excluding hydrogens is 336 g/mol. The number of hydrogen-bond donors (Lipinski definition) is 2. The number of aryl methyl sites for hydroxylation is 2. The Labute approximate surface area is 132 Å². The third-order valence-electron chi connectivity index (χ3n) is 3.17. The molecular formula is C15H17BrN2OS. The van der Waals surface area contributed by atoms with Gasteiger partial charge in [0.05, 0.1) is 6.04 Å². The SMILES string of the molecule is Cc1cc(C(C)Nc2ccc(C(N)=S)cc2Br)c(C)o1. The molecule has 106 valence electrons. The lowest BCUT2D eigenvalue weighted by Crippen LogP contribution is -2.11. The summed E-state index contributed by atoms with van der Waals surface area (Å²) < 4.78 is 6.51. The summed E-state index contributed by atoms with van der Waals surface area (Å²) >= 11 is 8.51. The zero-order chi connectivity index (χ0) is 14.9. The van der Waals surface area contributed by atoms with E-state index >= 15 is 0 Å². The van der Waals surface area contributed by atoms with Crippen LogP contribution in [-0.4, -0.2) is 4.99 Å². The lowest BCUT2D eigenvalue weighted by Gasteiger charge is -2.16. The van der Waals surface area contributed by atoms with Gasteiger partial charge in [0.1, 0.15) is 16.5 Å². The van der Waals surface area contributed by atoms with Gasteiger partial charge in [0.15, 0.2) is 0 Å². The van der Waals surface area contributed by atoms with Crippen LogP contribution in [0.25, 0.3) is 0 Å². The summed E-state index contributed by atoms with van der Waals surface area (Å²) in [5.41, 5.74) is 8.63. The van der Waals surface area contributed by atoms with Crippen molar-refractivity contribution < 1.29 is 4.42 Å². The summed E-state index contributed by atoms with van der Waals surface area (Å²) in [6, 6.07) is 8.02. The van der Waals surface area contributed by atoms with E-state index in [9.17, 15) is 0 Å². The molecule has 0 saturated carbocycles. The molecule has 0 aliphatic carbocycles. The van der Waals surface area contributed by atoms with Crippen molar-refractivity contribution in [3.05, 3.63) is 51.4 Å². The summed E-state index contributed by atoms with van der Waals surface area (Å²) in [4.78, 5) is 0.395. The van der Waals surface area contributed by atoms with Gasteiger partial charge in [-0.3, -0.25) is 0 Å². The fraction of sp³-hybridized carbons (Fsp3) is 0.267. The van der Waals surface area contributed by atoms with Crippen LogP contribution in [0.2, 0.25) is 0 Å². The molecule has 0 saturated heterocycles. The molecule has 1 heterocycles. The van der Waals surface area contributed by atoms with E-state index < -0.39 is 0 Å². The van der Waals surface area contributed by atoms with E-state index in [2.05, 4.69) is 34.2 Å². The first-order chi connectivity index (χ1) is 9.38. The van der Waals surface area contributed by atoms with Crippen LogP contribution in [-0.2, 0) is 0 Å². The maximum Gasteiger partial charge on any atom is 0.106 e. The monoisotopic (exact) mass is 352 g/mol. The number of rotatable bonds is 4. The van der Waals surface area contributed by atoms with Gasteiger partial charge in [0, 0.05) is 21.3 Å². The van der Waals surface area contributed by atoms with Gasteiger partial charge < -0.3 is 15.5 Å². The maximum absolute atomic E-state index is 5.63. The number of hydrogen-bond acceptors (Lipinski definition) is 3. The summed E-state index contributed by atoms with van der Waals surface area (Å²) in [6.45, 7) is 6.03. The highest BCUT2D eigenvalue weighted by Crippen LogP contribution is 2.29. The molecule has 0 amide bonds. The second kappa shape index (κ2) is 5.97. The van der Waals surface area contributed by atoms with E-state index in [1.807, 2.05) is 32.0 Å². The van der Waals surface area contributed by atoms with Gasteiger partial charge in [-0.05, 0) is 61.0 Å². The van der Waals surface area contributed by atoms with E-state index in [0.717, 1.165) is 32.8 Å². The van der Waals surface area contributed by atoms with Crippen molar-refractivity contribution in [2.24, 2.45) is 5.73 Å². The molecule has 5 heteroatoms. The second-order valence-corrected chi connectivity index (χ2v) is 6.09. The number of nitrogens with one attached hydrogen (secondary N) is 1. The van der Waals surface area contributed by atoms with Crippen molar-refractivity contribution in [1.82, 2.24) is 0 Å². The number of furan rings is 1. The Morgan fingerprint density at radius 2 is 2.05 bits per heavy atom. The molecule has 2 aromatic rings. The number of halogens is 1. The molecule has 1 atom stereocenters. The van der Waals surface area contributed by atoms with Crippen LogP contribution in [0.3, 0.4) is 0 Å². The summed E-state index contributed by atoms with van der Waals surface area (Å²) in [5, 5.41) is 3.46. The van der Waals surface area contributed by atoms with Gasteiger partial charge in [-0.15, -0.1) is 0 Å². The van der Waals surface area contributed by atoms with Crippen molar-refractivity contribution in [2.75, 3.05) is 5.32 Å². The van der Waals surface area contributed by atoms with Crippen molar-refractivity contribution in [2.45, 2.75) is 26.8 Å². The number of thiocarbonyl (C=S) groups is 1. The van der Waals surface area contributed by atoms with E-state index in [1.54, 1.807) is 0 Å². The minimum absolute atomic E-state index is 0.152. The normalized spacial score (nSPS) is 12.2. The maximum atomic E-state index is 5.63. The highest BCUT2D eigenvalue weighted by Gasteiger charge is 2.14. The number of benzene rings is 1. The van der Waals surface area contributed by atoms with Crippen LogP contribution in [0.4, 0.5) is 5.69 Å². The third kappa shape index (κ3) is 3.22. The predicted molar refractivity (Wildman–Crippen MR) is 90.2 cm³/mol. The molecule has 0 aliphatic rings. The fourth-order valence-corrected chi connectivity index (χ4v) is 2.80. The van der Waals surface area contributed by atoms with Crippen LogP contribution < -0.4 is 11.1 Å². The van der Waals surface area contributed by atoms with Gasteiger partial charge in [0.25, 0.3) is 0 Å². The van der Waals surface area contributed by atoms with Crippen molar-refractivity contribution >= 4 is 38.8 Å². The zero-order valence-electron chi connectivity index (χ0n) is 11.7. The third-order valence-corrected chi connectivity index (χ3v) is 4.06. The first-order valence-electron chi connectivity index (χ1n) is 6.31. The van der Waals surface area contributed by atoms with Gasteiger partial charge >= 0.3 is 0 Å². The molecule has 3 N–H and O–H groups in total. The molecule has 3 nitrogen and oxygen atoms in total. The van der Waals surface area contributed by atoms with Crippen molar-refractivity contribution in [3.63, 3.8) is 0 Å². The van der Waals surface area contributed by atoms with E-state index in [-0.39, 0.29) is 6.04 Å². The van der Waals surface area contributed by atoms with Crippen LogP contribution in [0.1, 0.15) is 35.6 Å². The minimum Gasteiger partial charge on any atom is -0.466 e. The Kier molecular flexibility index (Phi) is 4.50. The highest BCUT2D eigenvalue weighted by molar-refractivity contribution is 9.10. The molecule has 20 heavy (non-hydrogen) atoms. The first-order valence-corrected chi connectivity index (χ1v) is 7.51. The predicted octanol–water partition coefficient (Wildman–Crippen LogP) is 4.47. The number of anilines is 1. The molecule has 0 fully saturated rings. The fourth-order valence-electron chi connectivity index (χ4n) is 2.18. The Morgan fingerprint density at radius 1 is 1.35 bits per heavy atom. The lowest BCUT2D eigenvalue weighted by molar-refractivity contribution is 0.500. The van der Waals surface area contributed by atoms with Crippen molar-refractivity contribution in [1.29, 1.82) is 0 Å². The van der Waals surface area contributed by atoms with Crippen molar-refractivity contribution in [3.8, 4) is 0 Å². The van der Waals surface area contributed by atoms with Crippen LogP contribution >= 0.6 is 28.1 Å². The summed E-state index contributed by atoms with van der Waals surface area (Å²) in [7, 11) is 0. The smallest absolute Gasteiger partial charge is 0.106 e. The molecule has 0 aliphatic heterocycles. The van der Waals surface area contributed by atoms with Gasteiger partial charge in [0.2, 0.25) is 0 Å². The quantitative estimate of drug-likeness (QED) is 0.797. The molecule has 1 aromatic carbocycles. The van der Waals surface area contributed by atoms with E-state index in [4.69, 9.17) is 22.4 Å². The molecule has 0 radical (unpaired) electrons. The second-order valence-electron chi connectivity index (χ2n) is 4.79. The Hall–Kier alpha value is -1.33. The van der Waals surface area contributed by atoms with E-state index in [0.29, 0.717) is 4.99 Å². The van der Waals surface area contributed by atoms with Crippen LogP contribution in [0.15, 0.2) is 33.2 Å². The van der Waals surface area contributed by atoms with Crippen LogP contribution in [0.5, 0.6) is 0 Å². The van der Waals surface area contributed by atoms with Gasteiger partial charge in [-0.2, -0.15) is 0 Å². The molecule has 0 bridgehead atoms. The lowest BCUT2D eigenvalue weighted by atomic mass is 10.1. The van der Waals surface area contributed by atoms with Gasteiger partial charge in [-0.25, -0.2) is 0 Å². The standard InChI is InChI=1S/C15H17BrN2OS/c1-8-6-12(10(3)19-8)9(2)18-14-5-4-11(15(17)20)7-13(14)16/h4-7,9,18H,1-3H3,(H2,17,20). The zero-order valence-corrected chi connectivity index (χ0v) is 14.1. The largest absolute Gasteiger partial charge is 0.466 e. The molecule has 1 aromatic heterocycles. The first kappa shape index (κ1) is 15.1. The molecule has 2 rings (SSSR count). The van der Waals surface area contributed by atoms with E-state index in [1.165, 1.54) is 0 Å². The Balaban J connectivity index is 2.22. The Bertz CT molecular complexity index is 651. The summed E-state index contributed by atoms with van der Waals surface area (Å²) in [5.74, 6) is 1.87. The molecule has 0 spiro atoms. The molecule has 1 unspecified atom stereocenters. The average molecular weight is 353 g/mol. The summed E-state index contributed by atoms with van der Waals surface area (Å²) in [6.07, 6.45) is 0. The van der Waals surface area contributed by atoms with Gasteiger partial charge in [-0.1, -0.05) is 12.2 Å². The highest BCUT2D eigenvalue weighted by atomic mass is 79.9. The average Bonchev–Trinajstić information content (AvgIpc) is 2.70. The Morgan fingerprint density at radius 3 is 2.55 bits per heavy atom. The number of nitrogens with two attached hydrogens (primary N) is 1. The minimum atomic E-state index is 0.152. The van der Waals surface area contributed by atoms with Crippen LogP contribution in [0, 0.1) is 13.8 Å².